The molecule has 1 N–H and O–H groups in total. The first-order chi connectivity index (χ1) is 7.69. The summed E-state index contributed by atoms with van der Waals surface area (Å²) in [6.45, 7) is 6.29. The van der Waals surface area contributed by atoms with Gasteiger partial charge in [-0.3, -0.25) is 0 Å². The third-order valence-corrected chi connectivity index (χ3v) is 2.47. The highest BCUT2D eigenvalue weighted by molar-refractivity contribution is 5.26. The van der Waals surface area contributed by atoms with E-state index in [1.165, 1.54) is 5.57 Å². The van der Waals surface area contributed by atoms with Crippen LogP contribution < -0.4 is 0 Å². The Morgan fingerprint density at radius 3 is 2.44 bits per heavy atom. The van der Waals surface area contributed by atoms with Gasteiger partial charge in [0.05, 0.1) is 12.7 Å². The molecule has 0 aromatic heterocycles. The fraction of sp³-hybridized carbons (Fsp3) is 0.571. The van der Waals surface area contributed by atoms with Gasteiger partial charge in [-0.1, -0.05) is 38.2 Å². The first-order valence-corrected chi connectivity index (χ1v) is 5.87. The van der Waals surface area contributed by atoms with Gasteiger partial charge in [0.25, 0.3) is 0 Å². The molecule has 0 aliphatic carbocycles. The predicted molar refractivity (Wildman–Crippen MR) is 69.4 cm³/mol. The zero-order valence-electron chi connectivity index (χ0n) is 10.9. The molecule has 0 fully saturated rings. The molecule has 0 rings (SSSR count). The zero-order valence-corrected chi connectivity index (χ0v) is 10.9. The van der Waals surface area contributed by atoms with Crippen LogP contribution in [0.1, 0.15) is 33.6 Å². The molecule has 0 aromatic rings. The number of ether oxygens (including phenoxy) is 1. The Morgan fingerprint density at radius 1 is 1.31 bits per heavy atom. The van der Waals surface area contributed by atoms with Crippen molar-refractivity contribution in [2.45, 2.75) is 39.7 Å². The molecule has 0 saturated carbocycles. The first kappa shape index (κ1) is 15.1. The summed E-state index contributed by atoms with van der Waals surface area (Å²) in [4.78, 5) is 0. The van der Waals surface area contributed by atoms with Crippen LogP contribution >= 0.6 is 0 Å². The van der Waals surface area contributed by atoms with Crippen molar-refractivity contribution in [2.75, 3.05) is 13.7 Å². The van der Waals surface area contributed by atoms with Crippen molar-refractivity contribution in [3.63, 3.8) is 0 Å². The summed E-state index contributed by atoms with van der Waals surface area (Å²) in [5.74, 6) is 0. The number of hydrogen-bond donors (Lipinski definition) is 1. The molecule has 0 aliphatic rings. The molecule has 92 valence electrons. The van der Waals surface area contributed by atoms with Crippen LogP contribution in [0.2, 0.25) is 0 Å². The molecule has 0 saturated heterocycles. The summed E-state index contributed by atoms with van der Waals surface area (Å²) >= 11 is 0. The van der Waals surface area contributed by atoms with Crippen LogP contribution in [-0.4, -0.2) is 24.9 Å². The van der Waals surface area contributed by atoms with Gasteiger partial charge in [0.1, 0.15) is 0 Å². The van der Waals surface area contributed by atoms with Crippen LogP contribution in [-0.2, 0) is 4.74 Å². The maximum absolute atomic E-state index is 9.14. The standard InChI is InChI=1S/C14H24O2/c1-5-7-8-13(11-15)10-9-12(3)14(6-2)16-4/h7-10,14-15H,5-6,11H2,1-4H3/b8-7+,12-9+,13-10+. The Morgan fingerprint density at radius 2 is 2.00 bits per heavy atom. The minimum absolute atomic E-state index is 0.0735. The van der Waals surface area contributed by atoms with Crippen LogP contribution in [0.15, 0.2) is 35.5 Å². The Bertz CT molecular complexity index is 258. The molecule has 0 radical (unpaired) electrons. The summed E-state index contributed by atoms with van der Waals surface area (Å²) < 4.78 is 5.33. The van der Waals surface area contributed by atoms with Crippen molar-refractivity contribution in [3.8, 4) is 0 Å². The van der Waals surface area contributed by atoms with E-state index in [1.54, 1.807) is 7.11 Å². The minimum atomic E-state index is 0.0735. The lowest BCUT2D eigenvalue weighted by Gasteiger charge is -2.12. The van der Waals surface area contributed by atoms with Crippen molar-refractivity contribution in [1.29, 1.82) is 0 Å². The molecule has 0 aromatic carbocycles. The molecule has 1 atom stereocenters. The quantitative estimate of drug-likeness (QED) is 0.673. The lowest BCUT2D eigenvalue weighted by Crippen LogP contribution is -2.09. The molecule has 1 unspecified atom stereocenters. The van der Waals surface area contributed by atoms with E-state index in [-0.39, 0.29) is 12.7 Å². The highest BCUT2D eigenvalue weighted by atomic mass is 16.5. The molecule has 2 heteroatoms. The zero-order chi connectivity index (χ0) is 12.4. The van der Waals surface area contributed by atoms with E-state index < -0.39 is 0 Å². The second-order valence-electron chi connectivity index (χ2n) is 3.75. The van der Waals surface area contributed by atoms with Crippen LogP contribution in [0.5, 0.6) is 0 Å². The molecule has 0 heterocycles. The number of methoxy groups -OCH3 is 1. The highest BCUT2D eigenvalue weighted by Crippen LogP contribution is 2.10. The number of allylic oxidation sites excluding steroid dienone is 3. The topological polar surface area (TPSA) is 29.5 Å². The van der Waals surface area contributed by atoms with Gasteiger partial charge in [0, 0.05) is 7.11 Å². The second kappa shape index (κ2) is 9.37. The van der Waals surface area contributed by atoms with E-state index >= 15 is 0 Å². The molecular formula is C14H24O2. The lowest BCUT2D eigenvalue weighted by molar-refractivity contribution is 0.128. The fourth-order valence-electron chi connectivity index (χ4n) is 1.45. The molecule has 0 spiro atoms. The van der Waals surface area contributed by atoms with E-state index in [1.807, 2.05) is 31.2 Å². The highest BCUT2D eigenvalue weighted by Gasteiger charge is 2.04. The largest absolute Gasteiger partial charge is 0.392 e. The van der Waals surface area contributed by atoms with Crippen LogP contribution in [0.3, 0.4) is 0 Å². The SMILES string of the molecule is CC/C=C/C(=C\C=C(/C)C(CC)OC)CO. The van der Waals surface area contributed by atoms with Gasteiger partial charge in [0.2, 0.25) is 0 Å². The van der Waals surface area contributed by atoms with E-state index in [0.29, 0.717) is 0 Å². The lowest BCUT2D eigenvalue weighted by atomic mass is 10.1. The monoisotopic (exact) mass is 224 g/mol. The summed E-state index contributed by atoms with van der Waals surface area (Å²) in [6.07, 6.45) is 10.1. The van der Waals surface area contributed by atoms with Crippen LogP contribution in [0.25, 0.3) is 0 Å². The Labute approximate surface area is 99.3 Å². The van der Waals surface area contributed by atoms with E-state index in [2.05, 4.69) is 13.8 Å². The van der Waals surface area contributed by atoms with Crippen LogP contribution in [0, 0.1) is 0 Å². The fourth-order valence-corrected chi connectivity index (χ4v) is 1.45. The number of aliphatic hydroxyl groups excluding tert-OH is 1. The van der Waals surface area contributed by atoms with Gasteiger partial charge < -0.3 is 9.84 Å². The summed E-state index contributed by atoms with van der Waals surface area (Å²) in [5.41, 5.74) is 2.10. The third-order valence-electron chi connectivity index (χ3n) is 2.47. The van der Waals surface area contributed by atoms with E-state index in [0.717, 1.165) is 18.4 Å². The molecule has 16 heavy (non-hydrogen) atoms. The average molecular weight is 224 g/mol. The predicted octanol–water partition coefficient (Wildman–Crippen LogP) is 3.24. The molecule has 0 amide bonds. The number of rotatable bonds is 7. The Kier molecular flexibility index (Phi) is 8.87. The van der Waals surface area contributed by atoms with Gasteiger partial charge in [-0.05, 0) is 30.9 Å². The Balaban J connectivity index is 4.60. The maximum Gasteiger partial charge on any atom is 0.0778 e. The van der Waals surface area contributed by atoms with Crippen molar-refractivity contribution in [1.82, 2.24) is 0 Å². The minimum Gasteiger partial charge on any atom is -0.392 e. The van der Waals surface area contributed by atoms with Gasteiger partial charge >= 0.3 is 0 Å². The van der Waals surface area contributed by atoms with E-state index in [9.17, 15) is 0 Å². The van der Waals surface area contributed by atoms with Crippen molar-refractivity contribution >= 4 is 0 Å². The molecule has 0 aliphatic heterocycles. The summed E-state index contributed by atoms with van der Waals surface area (Å²) in [6, 6.07) is 0. The molecule has 0 bridgehead atoms. The maximum atomic E-state index is 9.14. The van der Waals surface area contributed by atoms with Crippen molar-refractivity contribution < 1.29 is 9.84 Å². The van der Waals surface area contributed by atoms with Crippen molar-refractivity contribution in [2.24, 2.45) is 0 Å². The number of hydrogen-bond acceptors (Lipinski definition) is 2. The average Bonchev–Trinajstić information content (AvgIpc) is 2.31. The molecular weight excluding hydrogens is 200 g/mol. The normalized spacial score (nSPS) is 15.8. The van der Waals surface area contributed by atoms with Crippen molar-refractivity contribution in [3.05, 3.63) is 35.5 Å². The molecule has 2 nitrogen and oxygen atoms in total. The Hall–Kier alpha value is -0.860. The van der Waals surface area contributed by atoms with Gasteiger partial charge in [-0.15, -0.1) is 0 Å². The van der Waals surface area contributed by atoms with Gasteiger partial charge in [-0.2, -0.15) is 0 Å². The third kappa shape index (κ3) is 5.89. The summed E-state index contributed by atoms with van der Waals surface area (Å²) in [5, 5.41) is 9.14. The second-order valence-corrected chi connectivity index (χ2v) is 3.75. The van der Waals surface area contributed by atoms with E-state index in [4.69, 9.17) is 9.84 Å². The smallest absolute Gasteiger partial charge is 0.0778 e. The summed E-state index contributed by atoms with van der Waals surface area (Å²) in [7, 11) is 1.72. The first-order valence-electron chi connectivity index (χ1n) is 5.87. The van der Waals surface area contributed by atoms with Gasteiger partial charge in [-0.25, -0.2) is 0 Å². The van der Waals surface area contributed by atoms with Crippen LogP contribution in [0.4, 0.5) is 0 Å². The van der Waals surface area contributed by atoms with Gasteiger partial charge in [0.15, 0.2) is 0 Å². The number of aliphatic hydroxyl groups is 1.